The van der Waals surface area contributed by atoms with Crippen LogP contribution in [0.25, 0.3) is 10.9 Å². The average molecular weight is 548 g/mol. The van der Waals surface area contributed by atoms with Crippen LogP contribution < -0.4 is 10.1 Å². The van der Waals surface area contributed by atoms with Crippen LogP contribution in [0.2, 0.25) is 0 Å². The van der Waals surface area contributed by atoms with Crippen LogP contribution in [-0.2, 0) is 4.79 Å². The Hall–Kier alpha value is -3.40. The molecule has 6 nitrogen and oxygen atoms in total. The van der Waals surface area contributed by atoms with Gasteiger partial charge in [-0.05, 0) is 80.4 Å². The molecule has 3 aromatic rings. The van der Waals surface area contributed by atoms with Crippen molar-refractivity contribution in [3.05, 3.63) is 65.1 Å². The van der Waals surface area contributed by atoms with E-state index in [4.69, 9.17) is 4.74 Å². The molecule has 0 bridgehead atoms. The van der Waals surface area contributed by atoms with Gasteiger partial charge in [0.25, 0.3) is 0 Å². The number of hydrogen-bond donors (Lipinski definition) is 2. The first-order valence-corrected chi connectivity index (χ1v) is 13.0. The second-order valence-electron chi connectivity index (χ2n) is 10.3. The molecular weight excluding hydrogens is 514 g/mol. The number of aryl methyl sites for hydroxylation is 1. The molecule has 2 N–H and O–H groups in total. The third-order valence-corrected chi connectivity index (χ3v) is 7.74. The van der Waals surface area contributed by atoms with Gasteiger partial charge in [0.1, 0.15) is 17.7 Å². The number of aromatic nitrogens is 1. The van der Waals surface area contributed by atoms with Crippen LogP contribution in [-0.4, -0.2) is 54.2 Å². The number of pyridine rings is 1. The maximum atomic E-state index is 15.8. The van der Waals surface area contributed by atoms with Gasteiger partial charge in [-0.15, -0.1) is 0 Å². The van der Waals surface area contributed by atoms with E-state index in [9.17, 15) is 23.1 Å². The Kier molecular flexibility index (Phi) is 8.94. The van der Waals surface area contributed by atoms with Crippen molar-refractivity contribution in [1.82, 2.24) is 9.88 Å². The number of benzene rings is 2. The zero-order valence-electron chi connectivity index (χ0n) is 22.1. The van der Waals surface area contributed by atoms with Crippen LogP contribution in [0.3, 0.4) is 0 Å². The number of aliphatic carboxylic acids is 1. The Morgan fingerprint density at radius 1 is 1.21 bits per heavy atom. The summed E-state index contributed by atoms with van der Waals surface area (Å²) in [6.07, 6.45) is 2.03. The van der Waals surface area contributed by atoms with Crippen LogP contribution in [0.15, 0.2) is 36.5 Å². The van der Waals surface area contributed by atoms with Gasteiger partial charge in [-0.1, -0.05) is 0 Å². The fourth-order valence-corrected chi connectivity index (χ4v) is 5.53. The normalized spacial score (nSPS) is 16.3. The quantitative estimate of drug-likeness (QED) is 0.213. The minimum absolute atomic E-state index is 0.0521. The van der Waals surface area contributed by atoms with E-state index < -0.39 is 35.0 Å². The molecule has 0 aliphatic carbocycles. The van der Waals surface area contributed by atoms with Crippen molar-refractivity contribution in [1.29, 1.82) is 0 Å². The molecule has 0 unspecified atom stereocenters. The summed E-state index contributed by atoms with van der Waals surface area (Å²) < 4.78 is 61.8. The topological polar surface area (TPSA) is 74.7 Å². The number of rotatable bonds is 11. The highest BCUT2D eigenvalue weighted by atomic mass is 19.2. The number of halogens is 4. The first-order chi connectivity index (χ1) is 18.6. The first kappa shape index (κ1) is 28.6. The Bertz CT molecular complexity index is 1330. The van der Waals surface area contributed by atoms with Gasteiger partial charge >= 0.3 is 5.97 Å². The van der Waals surface area contributed by atoms with Gasteiger partial charge < -0.3 is 20.1 Å². The van der Waals surface area contributed by atoms with Crippen molar-refractivity contribution >= 4 is 22.6 Å². The predicted molar refractivity (Wildman–Crippen MR) is 141 cm³/mol. The van der Waals surface area contributed by atoms with E-state index in [0.29, 0.717) is 67.2 Å². The fraction of sp³-hybridized carbons (Fsp3) is 0.448. The van der Waals surface area contributed by atoms with E-state index >= 15 is 4.39 Å². The highest BCUT2D eigenvalue weighted by Crippen LogP contribution is 2.43. The smallest absolute Gasteiger partial charge is 0.303 e. The van der Waals surface area contributed by atoms with E-state index in [1.54, 1.807) is 31.5 Å². The minimum atomic E-state index is -1.29. The third-order valence-electron chi connectivity index (χ3n) is 7.74. The number of nitrogens with one attached hydrogen (secondary N) is 1. The molecule has 4 rings (SSSR count). The average Bonchev–Trinajstić information content (AvgIpc) is 2.90. The summed E-state index contributed by atoms with van der Waals surface area (Å²) in [6, 6.07) is 6.74. The maximum absolute atomic E-state index is 15.8. The molecule has 0 saturated carbocycles. The van der Waals surface area contributed by atoms with Crippen LogP contribution in [0.4, 0.5) is 23.2 Å². The highest BCUT2D eigenvalue weighted by molar-refractivity contribution is 5.85. The molecule has 1 saturated heterocycles. The molecule has 1 aromatic heterocycles. The highest BCUT2D eigenvalue weighted by Gasteiger charge is 2.37. The predicted octanol–water partition coefficient (Wildman–Crippen LogP) is 6.43. The first-order valence-electron chi connectivity index (χ1n) is 13.0. The van der Waals surface area contributed by atoms with Gasteiger partial charge in [0.15, 0.2) is 11.6 Å². The number of alkyl halides is 1. The molecule has 0 radical (unpaired) electrons. The van der Waals surface area contributed by atoms with Crippen molar-refractivity contribution in [2.45, 2.75) is 45.2 Å². The number of methoxy groups -OCH3 is 1. The molecule has 1 aliphatic rings. The monoisotopic (exact) mass is 547 g/mol. The van der Waals surface area contributed by atoms with Crippen LogP contribution >= 0.6 is 0 Å². The molecule has 2 aromatic carbocycles. The van der Waals surface area contributed by atoms with Crippen LogP contribution in [0, 0.1) is 29.8 Å². The summed E-state index contributed by atoms with van der Waals surface area (Å²) in [5.74, 6) is -3.56. The van der Waals surface area contributed by atoms with Crippen molar-refractivity contribution in [3.8, 4) is 5.75 Å². The molecule has 1 fully saturated rings. The number of likely N-dealkylation sites (tertiary alicyclic amines) is 1. The Labute approximate surface area is 225 Å². The largest absolute Gasteiger partial charge is 0.497 e. The zero-order valence-corrected chi connectivity index (χ0v) is 22.1. The fourth-order valence-electron chi connectivity index (χ4n) is 5.53. The molecule has 0 amide bonds. The summed E-state index contributed by atoms with van der Waals surface area (Å²) in [7, 11) is 1.55. The Morgan fingerprint density at radius 2 is 1.95 bits per heavy atom. The second kappa shape index (κ2) is 12.2. The molecule has 1 atom stereocenters. The lowest BCUT2D eigenvalue weighted by Crippen LogP contribution is -2.43. The van der Waals surface area contributed by atoms with Crippen molar-refractivity contribution in [2.75, 3.05) is 38.6 Å². The summed E-state index contributed by atoms with van der Waals surface area (Å²) in [5.41, 5.74) is 1.16. The second-order valence-corrected chi connectivity index (χ2v) is 10.3. The lowest BCUT2D eigenvalue weighted by atomic mass is 9.71. The number of fused-ring (bicyclic) bond motifs is 1. The van der Waals surface area contributed by atoms with Gasteiger partial charge in [-0.3, -0.25) is 9.78 Å². The van der Waals surface area contributed by atoms with Gasteiger partial charge in [0, 0.05) is 36.8 Å². The number of carbonyl (C=O) groups is 1. The lowest BCUT2D eigenvalue weighted by Gasteiger charge is -2.41. The van der Waals surface area contributed by atoms with Crippen LogP contribution in [0.5, 0.6) is 5.75 Å². The Balaban J connectivity index is 1.39. The molecular formula is C29H33F4N3O3. The number of nitrogens with zero attached hydrogens (tertiary/aromatic N) is 2. The summed E-state index contributed by atoms with van der Waals surface area (Å²) in [6.45, 7) is 3.73. The molecule has 0 spiro atoms. The summed E-state index contributed by atoms with van der Waals surface area (Å²) >= 11 is 0. The standard InChI is InChI=1S/C29H33F4N3O3/c1-18-17-35-24-4-3-20(39-2)15-21(24)27(18)22(31)5-6-29(16-26(37)38)7-10-36(11-8-29)12-9-34-25-14-19(30)13-23(32)28(25)33/h3-4,13-15,17,22,34H,5-12,16H2,1-2H3,(H,37,38)/t22-/m0/s1. The van der Waals surface area contributed by atoms with Crippen molar-refractivity contribution in [2.24, 2.45) is 5.41 Å². The van der Waals surface area contributed by atoms with E-state index in [1.165, 1.54) is 0 Å². The van der Waals surface area contributed by atoms with Gasteiger partial charge in [-0.2, -0.15) is 0 Å². The molecule has 210 valence electrons. The number of hydrogen-bond acceptors (Lipinski definition) is 5. The minimum Gasteiger partial charge on any atom is -0.497 e. The van der Waals surface area contributed by atoms with Crippen molar-refractivity contribution in [3.63, 3.8) is 0 Å². The van der Waals surface area contributed by atoms with E-state index in [0.717, 1.165) is 11.6 Å². The van der Waals surface area contributed by atoms with Crippen molar-refractivity contribution < 1.29 is 32.2 Å². The molecule has 39 heavy (non-hydrogen) atoms. The maximum Gasteiger partial charge on any atom is 0.303 e. The molecule has 2 heterocycles. The third kappa shape index (κ3) is 6.79. The Morgan fingerprint density at radius 3 is 2.64 bits per heavy atom. The summed E-state index contributed by atoms with van der Waals surface area (Å²) in [5, 5.41) is 13.0. The van der Waals surface area contributed by atoms with E-state index in [2.05, 4.69) is 15.2 Å². The van der Waals surface area contributed by atoms with Gasteiger partial charge in [0.05, 0.1) is 24.7 Å². The lowest BCUT2D eigenvalue weighted by molar-refractivity contribution is -0.141. The van der Waals surface area contributed by atoms with E-state index in [1.807, 2.05) is 6.92 Å². The summed E-state index contributed by atoms with van der Waals surface area (Å²) in [4.78, 5) is 18.2. The molecule has 1 aliphatic heterocycles. The van der Waals surface area contributed by atoms with Gasteiger partial charge in [0.2, 0.25) is 0 Å². The molecule has 10 heteroatoms. The SMILES string of the molecule is COc1ccc2ncc(C)c([C@@H](F)CCC3(CC(=O)O)CCN(CCNc4cc(F)cc(F)c4F)CC3)c2c1. The van der Waals surface area contributed by atoms with Crippen LogP contribution in [0.1, 0.15) is 49.4 Å². The number of anilines is 1. The number of carboxylic acid groups (broad SMARTS) is 1. The number of piperidine rings is 1. The zero-order chi connectivity index (χ0) is 28.2. The van der Waals surface area contributed by atoms with Gasteiger partial charge in [-0.25, -0.2) is 17.6 Å². The number of ether oxygens (including phenoxy) is 1. The van der Waals surface area contributed by atoms with E-state index in [-0.39, 0.29) is 25.1 Å². The number of carboxylic acids is 1.